The highest BCUT2D eigenvalue weighted by molar-refractivity contribution is 5.94. The van der Waals surface area contributed by atoms with E-state index in [1.165, 1.54) is 18.5 Å². The zero-order chi connectivity index (χ0) is 14.1. The van der Waals surface area contributed by atoms with Crippen molar-refractivity contribution >= 4 is 5.91 Å². The predicted octanol–water partition coefficient (Wildman–Crippen LogP) is 0.763. The summed E-state index contributed by atoms with van der Waals surface area (Å²) in [5.41, 5.74) is 1.62. The number of aromatic amines is 1. The largest absolute Gasteiger partial charge is 0.390 e. The Morgan fingerprint density at radius 2 is 2.10 bits per heavy atom. The van der Waals surface area contributed by atoms with Crippen LogP contribution in [0.5, 0.6) is 0 Å². The van der Waals surface area contributed by atoms with Gasteiger partial charge in [-0.05, 0) is 11.1 Å². The molecule has 0 bridgehead atoms. The molecule has 1 aromatic heterocycles. The van der Waals surface area contributed by atoms with Crippen LogP contribution in [-0.2, 0) is 6.42 Å². The van der Waals surface area contributed by atoms with Gasteiger partial charge in [-0.3, -0.25) is 9.59 Å². The minimum atomic E-state index is -0.667. The summed E-state index contributed by atoms with van der Waals surface area (Å²) in [6, 6.07) is 8.40. The molecule has 5 nitrogen and oxygen atoms in total. The van der Waals surface area contributed by atoms with Crippen LogP contribution in [0.15, 0.2) is 47.5 Å². The highest BCUT2D eigenvalue weighted by Crippen LogP contribution is 2.31. The second-order valence-corrected chi connectivity index (χ2v) is 4.84. The summed E-state index contributed by atoms with van der Waals surface area (Å²) in [5, 5.41) is 12.8. The highest BCUT2D eigenvalue weighted by atomic mass is 16.3. The molecule has 102 valence electrons. The van der Waals surface area contributed by atoms with E-state index in [1.807, 2.05) is 24.3 Å². The van der Waals surface area contributed by atoms with Gasteiger partial charge in [0.25, 0.3) is 5.91 Å². The van der Waals surface area contributed by atoms with Gasteiger partial charge in [0.1, 0.15) is 5.56 Å². The van der Waals surface area contributed by atoms with Gasteiger partial charge in [0.2, 0.25) is 0 Å². The molecule has 0 unspecified atom stereocenters. The molecule has 2 aromatic rings. The zero-order valence-electron chi connectivity index (χ0n) is 10.7. The van der Waals surface area contributed by atoms with Crippen molar-refractivity contribution in [3.63, 3.8) is 0 Å². The topological polar surface area (TPSA) is 82.2 Å². The van der Waals surface area contributed by atoms with Crippen molar-refractivity contribution < 1.29 is 9.90 Å². The van der Waals surface area contributed by atoms with Crippen LogP contribution in [0.25, 0.3) is 0 Å². The zero-order valence-corrected chi connectivity index (χ0v) is 10.7. The van der Waals surface area contributed by atoms with Crippen molar-refractivity contribution in [1.82, 2.24) is 10.3 Å². The van der Waals surface area contributed by atoms with Crippen molar-refractivity contribution in [1.29, 1.82) is 0 Å². The van der Waals surface area contributed by atoms with E-state index >= 15 is 0 Å². The number of hydrogen-bond donors (Lipinski definition) is 3. The number of hydrogen-bond acceptors (Lipinski definition) is 3. The maximum atomic E-state index is 12.1. The molecule has 0 aliphatic heterocycles. The van der Waals surface area contributed by atoms with E-state index in [0.29, 0.717) is 6.42 Å². The first-order valence-electron chi connectivity index (χ1n) is 6.40. The van der Waals surface area contributed by atoms with Crippen molar-refractivity contribution in [2.45, 2.75) is 18.6 Å². The number of fused-ring (bicyclic) bond motifs is 1. The summed E-state index contributed by atoms with van der Waals surface area (Å²) in [5.74, 6) is -0.479. The second kappa shape index (κ2) is 4.94. The van der Waals surface area contributed by atoms with E-state index in [-0.39, 0.29) is 11.0 Å². The Morgan fingerprint density at radius 1 is 1.30 bits per heavy atom. The fourth-order valence-corrected chi connectivity index (χ4v) is 2.56. The molecule has 1 amide bonds. The molecule has 0 fully saturated rings. The number of amides is 1. The van der Waals surface area contributed by atoms with Crippen molar-refractivity contribution in [3.05, 3.63) is 69.6 Å². The maximum absolute atomic E-state index is 12.1. The summed E-state index contributed by atoms with van der Waals surface area (Å²) >= 11 is 0. The van der Waals surface area contributed by atoms with Gasteiger partial charge in [0.15, 0.2) is 5.43 Å². The molecule has 1 aromatic carbocycles. The fraction of sp³-hybridized carbons (Fsp3) is 0.200. The van der Waals surface area contributed by atoms with E-state index in [4.69, 9.17) is 0 Å². The first kappa shape index (κ1) is 12.6. The van der Waals surface area contributed by atoms with Gasteiger partial charge in [-0.2, -0.15) is 0 Å². The molecule has 0 saturated heterocycles. The van der Waals surface area contributed by atoms with E-state index in [2.05, 4.69) is 10.3 Å². The Bertz CT molecular complexity index is 708. The summed E-state index contributed by atoms with van der Waals surface area (Å²) in [4.78, 5) is 26.5. The number of rotatable bonds is 2. The lowest BCUT2D eigenvalue weighted by molar-refractivity contribution is 0.0857. The quantitative estimate of drug-likeness (QED) is 0.753. The monoisotopic (exact) mass is 270 g/mol. The third kappa shape index (κ3) is 2.12. The SMILES string of the molecule is O=C(N[C@@H]1c2ccccc2C[C@@H]1O)c1c[nH]ccc1=O. The molecule has 0 radical (unpaired) electrons. The lowest BCUT2D eigenvalue weighted by Gasteiger charge is -2.17. The predicted molar refractivity (Wildman–Crippen MR) is 73.4 cm³/mol. The summed E-state index contributed by atoms with van der Waals surface area (Å²) in [7, 11) is 0. The van der Waals surface area contributed by atoms with Gasteiger partial charge < -0.3 is 15.4 Å². The van der Waals surface area contributed by atoms with Crippen molar-refractivity contribution in [2.24, 2.45) is 0 Å². The third-order valence-corrected chi connectivity index (χ3v) is 3.56. The number of carbonyl (C=O) groups is 1. The number of nitrogens with one attached hydrogen (secondary N) is 2. The molecule has 1 aliphatic rings. The summed E-state index contributed by atoms with van der Waals surface area (Å²) < 4.78 is 0. The number of aromatic nitrogens is 1. The molecule has 3 rings (SSSR count). The molecule has 0 saturated carbocycles. The molecular formula is C15H14N2O3. The standard InChI is InChI=1S/C15H14N2O3/c18-12-5-6-16-8-11(12)15(20)17-14-10-4-2-1-3-9(10)7-13(14)19/h1-6,8,13-14,19H,7H2,(H,16,18)(H,17,20)/t13-,14+/m0/s1. The van der Waals surface area contributed by atoms with Crippen LogP contribution in [0.2, 0.25) is 0 Å². The van der Waals surface area contributed by atoms with E-state index < -0.39 is 18.1 Å². The molecule has 1 heterocycles. The van der Waals surface area contributed by atoms with Gasteiger partial charge >= 0.3 is 0 Å². The molecule has 20 heavy (non-hydrogen) atoms. The molecule has 2 atom stereocenters. The average molecular weight is 270 g/mol. The van der Waals surface area contributed by atoms with Crippen molar-refractivity contribution in [2.75, 3.05) is 0 Å². The van der Waals surface area contributed by atoms with Crippen molar-refractivity contribution in [3.8, 4) is 0 Å². The van der Waals surface area contributed by atoms with Gasteiger partial charge in [-0.1, -0.05) is 24.3 Å². The van der Waals surface area contributed by atoms with E-state index in [1.54, 1.807) is 0 Å². The minimum absolute atomic E-state index is 0.0454. The first-order chi connectivity index (χ1) is 9.66. The molecular weight excluding hydrogens is 256 g/mol. The summed E-state index contributed by atoms with van der Waals surface area (Å²) in [6.07, 6.45) is 2.68. The van der Waals surface area contributed by atoms with Crippen LogP contribution in [0.1, 0.15) is 27.5 Å². The second-order valence-electron chi connectivity index (χ2n) is 4.84. The third-order valence-electron chi connectivity index (χ3n) is 3.56. The Labute approximate surface area is 115 Å². The fourth-order valence-electron chi connectivity index (χ4n) is 2.56. The number of pyridine rings is 1. The minimum Gasteiger partial charge on any atom is -0.390 e. The number of aliphatic hydroxyl groups is 1. The van der Waals surface area contributed by atoms with Gasteiger partial charge in [-0.15, -0.1) is 0 Å². The normalized spacial score (nSPS) is 20.4. The van der Waals surface area contributed by atoms with Gasteiger partial charge in [0.05, 0.1) is 12.1 Å². The lowest BCUT2D eigenvalue weighted by Crippen LogP contribution is -2.36. The van der Waals surface area contributed by atoms with Gasteiger partial charge in [0, 0.05) is 24.9 Å². The van der Waals surface area contributed by atoms with Crippen LogP contribution in [0, 0.1) is 0 Å². The Balaban J connectivity index is 1.87. The maximum Gasteiger partial charge on any atom is 0.257 e. The van der Waals surface area contributed by atoms with E-state index in [0.717, 1.165) is 11.1 Å². The van der Waals surface area contributed by atoms with Crippen LogP contribution in [0.4, 0.5) is 0 Å². The molecule has 0 spiro atoms. The number of carbonyl (C=O) groups excluding carboxylic acids is 1. The van der Waals surface area contributed by atoms with Crippen LogP contribution in [0.3, 0.4) is 0 Å². The smallest absolute Gasteiger partial charge is 0.257 e. The number of benzene rings is 1. The van der Waals surface area contributed by atoms with Gasteiger partial charge in [-0.25, -0.2) is 0 Å². The highest BCUT2D eigenvalue weighted by Gasteiger charge is 2.32. The molecule has 3 N–H and O–H groups in total. The number of aliphatic hydroxyl groups excluding tert-OH is 1. The van der Waals surface area contributed by atoms with E-state index in [9.17, 15) is 14.7 Å². The van der Waals surface area contributed by atoms with Crippen LogP contribution in [-0.4, -0.2) is 22.1 Å². The Hall–Kier alpha value is -2.40. The lowest BCUT2D eigenvalue weighted by atomic mass is 10.1. The molecule has 5 heteroatoms. The van der Waals surface area contributed by atoms with Crippen LogP contribution < -0.4 is 10.7 Å². The Morgan fingerprint density at radius 3 is 2.90 bits per heavy atom. The molecule has 1 aliphatic carbocycles. The average Bonchev–Trinajstić information content (AvgIpc) is 2.76. The number of H-pyrrole nitrogens is 1. The summed E-state index contributed by atoms with van der Waals surface area (Å²) in [6.45, 7) is 0. The first-order valence-corrected chi connectivity index (χ1v) is 6.40. The van der Waals surface area contributed by atoms with Crippen LogP contribution >= 0.6 is 0 Å². The Kier molecular flexibility index (Phi) is 3.12.